The number of amides is 1. The molecule has 2 N–H and O–H groups in total. The zero-order chi connectivity index (χ0) is 19.9. The first-order valence-electron chi connectivity index (χ1n) is 8.63. The predicted octanol–water partition coefficient (Wildman–Crippen LogP) is 4.91. The quantitative estimate of drug-likeness (QED) is 0.580. The van der Waals surface area contributed by atoms with Gasteiger partial charge in [0.15, 0.2) is 0 Å². The van der Waals surface area contributed by atoms with Crippen LogP contribution in [-0.4, -0.2) is 23.5 Å². The molecule has 1 amide bonds. The van der Waals surface area contributed by atoms with Crippen molar-refractivity contribution in [2.45, 2.75) is 6.92 Å². The summed E-state index contributed by atoms with van der Waals surface area (Å²) in [7, 11) is 0. The van der Waals surface area contributed by atoms with Gasteiger partial charge < -0.3 is 15.4 Å². The fourth-order valence-corrected chi connectivity index (χ4v) is 2.72. The Morgan fingerprint density at radius 3 is 2.39 bits per heavy atom. The van der Waals surface area contributed by atoms with Gasteiger partial charge >= 0.3 is 5.97 Å². The molecule has 142 valence electrons. The molecule has 0 saturated heterocycles. The number of esters is 1. The number of ether oxygens (including phenoxy) is 1. The second kappa shape index (κ2) is 9.01. The molecule has 6 nitrogen and oxygen atoms in total. The Morgan fingerprint density at radius 2 is 1.71 bits per heavy atom. The van der Waals surface area contributed by atoms with Gasteiger partial charge in [-0.25, -0.2) is 9.78 Å². The highest BCUT2D eigenvalue weighted by Gasteiger charge is 2.13. The van der Waals surface area contributed by atoms with Gasteiger partial charge in [0.05, 0.1) is 40.3 Å². The van der Waals surface area contributed by atoms with Crippen LogP contribution in [-0.2, 0) is 4.74 Å². The van der Waals surface area contributed by atoms with Crippen LogP contribution >= 0.6 is 11.6 Å². The maximum absolute atomic E-state index is 12.3. The van der Waals surface area contributed by atoms with Crippen molar-refractivity contribution in [3.05, 3.63) is 83.0 Å². The number of anilines is 3. The number of para-hydroxylation sites is 1. The number of rotatable bonds is 6. The monoisotopic (exact) mass is 395 g/mol. The van der Waals surface area contributed by atoms with E-state index in [4.69, 9.17) is 16.3 Å². The normalized spacial score (nSPS) is 10.2. The molecule has 0 fully saturated rings. The highest BCUT2D eigenvalue weighted by molar-refractivity contribution is 6.34. The van der Waals surface area contributed by atoms with E-state index in [1.807, 2.05) is 6.07 Å². The summed E-state index contributed by atoms with van der Waals surface area (Å²) in [5, 5.41) is 6.21. The van der Waals surface area contributed by atoms with Crippen LogP contribution in [0.3, 0.4) is 0 Å². The third-order valence-corrected chi connectivity index (χ3v) is 4.15. The van der Waals surface area contributed by atoms with Gasteiger partial charge in [-0.05, 0) is 43.3 Å². The van der Waals surface area contributed by atoms with Crippen LogP contribution in [0, 0.1) is 0 Å². The number of pyridine rings is 1. The van der Waals surface area contributed by atoms with E-state index in [1.54, 1.807) is 61.5 Å². The molecule has 0 saturated carbocycles. The first-order valence-corrected chi connectivity index (χ1v) is 9.01. The van der Waals surface area contributed by atoms with E-state index in [2.05, 4.69) is 15.6 Å². The van der Waals surface area contributed by atoms with Gasteiger partial charge in [0.25, 0.3) is 5.91 Å². The third kappa shape index (κ3) is 4.66. The number of carbonyl (C=O) groups excluding carboxylic acids is 2. The lowest BCUT2D eigenvalue weighted by molar-refractivity contribution is 0.0527. The van der Waals surface area contributed by atoms with Gasteiger partial charge in [-0.15, -0.1) is 0 Å². The van der Waals surface area contributed by atoms with Crippen molar-refractivity contribution >= 4 is 40.7 Å². The van der Waals surface area contributed by atoms with Crippen molar-refractivity contribution in [2.75, 3.05) is 17.2 Å². The lowest BCUT2D eigenvalue weighted by atomic mass is 10.2. The van der Waals surface area contributed by atoms with Crippen molar-refractivity contribution < 1.29 is 14.3 Å². The Morgan fingerprint density at radius 1 is 1.00 bits per heavy atom. The SMILES string of the molecule is CCOC(=O)c1ccccc1Nc1ccc(NC(=O)c2ccccc2Cl)cn1. The summed E-state index contributed by atoms with van der Waals surface area (Å²) in [5.74, 6) is -0.206. The minimum absolute atomic E-state index is 0.297. The molecular weight excluding hydrogens is 378 g/mol. The molecule has 0 aliphatic rings. The van der Waals surface area contributed by atoms with Crippen LogP contribution in [0.4, 0.5) is 17.2 Å². The number of halogens is 1. The van der Waals surface area contributed by atoms with Crippen molar-refractivity contribution in [3.8, 4) is 0 Å². The Kier molecular flexibility index (Phi) is 6.24. The van der Waals surface area contributed by atoms with E-state index in [-0.39, 0.29) is 5.91 Å². The molecular formula is C21H18ClN3O3. The van der Waals surface area contributed by atoms with Gasteiger partial charge in [-0.1, -0.05) is 35.9 Å². The maximum Gasteiger partial charge on any atom is 0.340 e. The Labute approximate surface area is 167 Å². The summed E-state index contributed by atoms with van der Waals surface area (Å²) in [6.07, 6.45) is 1.52. The number of hydrogen-bond donors (Lipinski definition) is 2. The molecule has 0 bridgehead atoms. The Balaban J connectivity index is 1.71. The molecule has 28 heavy (non-hydrogen) atoms. The number of aromatic nitrogens is 1. The second-order valence-electron chi connectivity index (χ2n) is 5.76. The predicted molar refractivity (Wildman–Crippen MR) is 109 cm³/mol. The third-order valence-electron chi connectivity index (χ3n) is 3.82. The standard InChI is InChI=1S/C21H18ClN3O3/c1-2-28-21(27)16-8-4-6-10-18(16)25-19-12-11-14(13-23-19)24-20(26)15-7-3-5-9-17(15)22/h3-13H,2H2,1H3,(H,23,25)(H,24,26). The minimum Gasteiger partial charge on any atom is -0.462 e. The van der Waals surface area contributed by atoms with Crippen LogP contribution < -0.4 is 10.6 Å². The summed E-state index contributed by atoms with van der Waals surface area (Å²) in [4.78, 5) is 28.6. The molecule has 2 aromatic carbocycles. The number of hydrogen-bond acceptors (Lipinski definition) is 5. The molecule has 0 spiro atoms. The number of nitrogens with zero attached hydrogens (tertiary/aromatic N) is 1. The molecule has 7 heteroatoms. The molecule has 0 atom stereocenters. The summed E-state index contributed by atoms with van der Waals surface area (Å²) in [6.45, 7) is 2.05. The second-order valence-corrected chi connectivity index (χ2v) is 6.16. The molecule has 1 aromatic heterocycles. The topological polar surface area (TPSA) is 80.3 Å². The van der Waals surface area contributed by atoms with Gasteiger partial charge in [-0.2, -0.15) is 0 Å². The van der Waals surface area contributed by atoms with Gasteiger partial charge in [-0.3, -0.25) is 4.79 Å². The number of nitrogens with one attached hydrogen (secondary N) is 2. The average Bonchev–Trinajstić information content (AvgIpc) is 2.70. The largest absolute Gasteiger partial charge is 0.462 e. The fraction of sp³-hybridized carbons (Fsp3) is 0.0952. The molecule has 0 aliphatic carbocycles. The van der Waals surface area contributed by atoms with E-state index in [9.17, 15) is 9.59 Å². The molecule has 3 rings (SSSR count). The van der Waals surface area contributed by atoms with Crippen molar-refractivity contribution in [2.24, 2.45) is 0 Å². The molecule has 0 unspecified atom stereocenters. The molecule has 0 aliphatic heterocycles. The first-order chi connectivity index (χ1) is 13.6. The van der Waals surface area contributed by atoms with Crippen molar-refractivity contribution in [1.29, 1.82) is 0 Å². The van der Waals surface area contributed by atoms with E-state index in [0.717, 1.165) is 0 Å². The summed E-state index contributed by atoms with van der Waals surface area (Å²) < 4.78 is 5.06. The fourth-order valence-electron chi connectivity index (χ4n) is 2.50. The summed E-state index contributed by atoms with van der Waals surface area (Å²) in [5.41, 5.74) is 1.91. The van der Waals surface area contributed by atoms with Gasteiger partial charge in [0, 0.05) is 0 Å². The lowest BCUT2D eigenvalue weighted by Crippen LogP contribution is -2.12. The zero-order valence-corrected chi connectivity index (χ0v) is 15.9. The summed E-state index contributed by atoms with van der Waals surface area (Å²) in [6, 6.07) is 17.2. The van der Waals surface area contributed by atoms with E-state index >= 15 is 0 Å². The Bertz CT molecular complexity index is 990. The van der Waals surface area contributed by atoms with E-state index < -0.39 is 5.97 Å². The first kappa shape index (κ1) is 19.4. The van der Waals surface area contributed by atoms with Crippen molar-refractivity contribution in [3.63, 3.8) is 0 Å². The van der Waals surface area contributed by atoms with Crippen LogP contribution in [0.15, 0.2) is 66.9 Å². The maximum atomic E-state index is 12.3. The van der Waals surface area contributed by atoms with Crippen molar-refractivity contribution in [1.82, 2.24) is 4.98 Å². The smallest absolute Gasteiger partial charge is 0.340 e. The van der Waals surface area contributed by atoms with Gasteiger partial charge in [0.2, 0.25) is 0 Å². The molecule has 0 radical (unpaired) electrons. The van der Waals surface area contributed by atoms with Crippen LogP contribution in [0.2, 0.25) is 5.02 Å². The average molecular weight is 396 g/mol. The summed E-state index contributed by atoms with van der Waals surface area (Å²) >= 11 is 6.04. The van der Waals surface area contributed by atoms with Crippen LogP contribution in [0.1, 0.15) is 27.6 Å². The van der Waals surface area contributed by atoms with E-state index in [0.29, 0.717) is 39.9 Å². The highest BCUT2D eigenvalue weighted by Crippen LogP contribution is 2.22. The van der Waals surface area contributed by atoms with Crippen LogP contribution in [0.5, 0.6) is 0 Å². The Hall–Kier alpha value is -3.38. The van der Waals surface area contributed by atoms with Crippen LogP contribution in [0.25, 0.3) is 0 Å². The number of carbonyl (C=O) groups is 2. The minimum atomic E-state index is -0.408. The zero-order valence-electron chi connectivity index (χ0n) is 15.1. The molecule has 3 aromatic rings. The molecule has 1 heterocycles. The van der Waals surface area contributed by atoms with E-state index in [1.165, 1.54) is 6.20 Å². The lowest BCUT2D eigenvalue weighted by Gasteiger charge is -2.11. The highest BCUT2D eigenvalue weighted by atomic mass is 35.5. The van der Waals surface area contributed by atoms with Gasteiger partial charge in [0.1, 0.15) is 5.82 Å². The number of benzene rings is 2.